The van der Waals surface area contributed by atoms with Crippen molar-refractivity contribution in [2.45, 2.75) is 31.5 Å². The molecule has 4 rings (SSSR count). The van der Waals surface area contributed by atoms with Gasteiger partial charge in [-0.15, -0.1) is 0 Å². The minimum Gasteiger partial charge on any atom is -0.394 e. The van der Waals surface area contributed by atoms with E-state index < -0.39 is 24.5 Å². The Morgan fingerprint density at radius 1 is 1.15 bits per heavy atom. The van der Waals surface area contributed by atoms with Crippen LogP contribution in [0.4, 0.5) is 0 Å². The number of nitrogens with zero attached hydrogens (tertiary/aromatic N) is 3. The Morgan fingerprint density at radius 3 is 2.62 bits per heavy atom. The number of aliphatic hydroxyl groups excluding tert-OH is 3. The van der Waals surface area contributed by atoms with Gasteiger partial charge in [-0.3, -0.25) is 0 Å². The molecule has 1 saturated heterocycles. The maximum Gasteiger partial charge on any atom is 0.164 e. The average Bonchev–Trinajstić information content (AvgIpc) is 3.15. The molecular formula is C18H18ClN3O4. The minimum absolute atomic E-state index is 0.390. The summed E-state index contributed by atoms with van der Waals surface area (Å²) in [5.74, 6) is 0. The van der Waals surface area contributed by atoms with Crippen LogP contribution < -0.4 is 0 Å². The number of hydrogen-bond donors (Lipinski definition) is 3. The van der Waals surface area contributed by atoms with Gasteiger partial charge < -0.3 is 24.6 Å². The Hall–Kier alpha value is -2.03. The van der Waals surface area contributed by atoms with E-state index in [9.17, 15) is 15.3 Å². The van der Waals surface area contributed by atoms with Gasteiger partial charge in [-0.1, -0.05) is 29.8 Å². The fourth-order valence-corrected chi connectivity index (χ4v) is 3.66. The van der Waals surface area contributed by atoms with Crippen molar-refractivity contribution in [1.29, 1.82) is 0 Å². The van der Waals surface area contributed by atoms with Gasteiger partial charge in [0.1, 0.15) is 30.3 Å². The molecule has 0 radical (unpaired) electrons. The number of aromatic nitrogens is 3. The molecule has 3 aromatic rings. The van der Waals surface area contributed by atoms with E-state index in [1.165, 1.54) is 6.33 Å². The fourth-order valence-electron chi connectivity index (χ4n) is 3.42. The van der Waals surface area contributed by atoms with Crippen molar-refractivity contribution in [2.75, 3.05) is 6.61 Å². The van der Waals surface area contributed by atoms with E-state index in [-0.39, 0.29) is 6.61 Å². The van der Waals surface area contributed by atoms with Gasteiger partial charge in [-0.2, -0.15) is 0 Å². The fraction of sp³-hybridized carbons (Fsp3) is 0.333. The second kappa shape index (κ2) is 6.61. The van der Waals surface area contributed by atoms with Crippen LogP contribution in [0.1, 0.15) is 11.9 Å². The van der Waals surface area contributed by atoms with E-state index in [1.54, 1.807) is 16.8 Å². The molecule has 4 atom stereocenters. The van der Waals surface area contributed by atoms with Crippen LogP contribution in [0.3, 0.4) is 0 Å². The summed E-state index contributed by atoms with van der Waals surface area (Å²) in [6.07, 6.45) is -0.902. The van der Waals surface area contributed by atoms with Crippen molar-refractivity contribution in [1.82, 2.24) is 14.5 Å². The van der Waals surface area contributed by atoms with Crippen molar-refractivity contribution in [3.63, 3.8) is 0 Å². The first kappa shape index (κ1) is 17.4. The van der Waals surface area contributed by atoms with Gasteiger partial charge in [0.05, 0.1) is 12.3 Å². The molecule has 8 heteroatoms. The van der Waals surface area contributed by atoms with Gasteiger partial charge in [-0.05, 0) is 13.0 Å². The first-order valence-corrected chi connectivity index (χ1v) is 8.60. The van der Waals surface area contributed by atoms with Crippen LogP contribution in [-0.4, -0.2) is 54.8 Å². The van der Waals surface area contributed by atoms with E-state index in [2.05, 4.69) is 9.97 Å². The lowest BCUT2D eigenvalue weighted by molar-refractivity contribution is -0.0508. The summed E-state index contributed by atoms with van der Waals surface area (Å²) in [6, 6.07) is 7.42. The Morgan fingerprint density at radius 2 is 1.92 bits per heavy atom. The largest absolute Gasteiger partial charge is 0.394 e. The first-order valence-electron chi connectivity index (χ1n) is 8.22. The number of hydrogen-bond acceptors (Lipinski definition) is 6. The maximum absolute atomic E-state index is 10.4. The van der Waals surface area contributed by atoms with Gasteiger partial charge >= 0.3 is 0 Å². The average molecular weight is 376 g/mol. The molecule has 0 spiro atoms. The third-order valence-corrected chi connectivity index (χ3v) is 5.08. The van der Waals surface area contributed by atoms with Crippen LogP contribution in [0.2, 0.25) is 5.02 Å². The first-order chi connectivity index (χ1) is 12.5. The van der Waals surface area contributed by atoms with Crippen molar-refractivity contribution >= 4 is 22.6 Å². The van der Waals surface area contributed by atoms with Crippen molar-refractivity contribution in [3.8, 4) is 11.1 Å². The third kappa shape index (κ3) is 2.60. The lowest BCUT2D eigenvalue weighted by Crippen LogP contribution is -2.33. The van der Waals surface area contributed by atoms with Crippen molar-refractivity contribution in [3.05, 3.63) is 47.5 Å². The molecule has 3 heterocycles. The van der Waals surface area contributed by atoms with Gasteiger partial charge in [0.15, 0.2) is 6.23 Å². The van der Waals surface area contributed by atoms with Gasteiger partial charge in [0.2, 0.25) is 0 Å². The minimum atomic E-state index is -1.20. The molecule has 7 nitrogen and oxygen atoms in total. The van der Waals surface area contributed by atoms with E-state index in [0.717, 1.165) is 22.2 Å². The summed E-state index contributed by atoms with van der Waals surface area (Å²) in [5.41, 5.74) is 2.93. The second-order valence-corrected chi connectivity index (χ2v) is 6.72. The van der Waals surface area contributed by atoms with Crippen LogP contribution in [0, 0.1) is 6.92 Å². The van der Waals surface area contributed by atoms with Gasteiger partial charge in [0.25, 0.3) is 0 Å². The molecule has 1 fully saturated rings. The Kier molecular flexibility index (Phi) is 4.42. The number of aliphatic hydroxyl groups is 3. The number of halogens is 1. The summed E-state index contributed by atoms with van der Waals surface area (Å²) < 4.78 is 7.33. The summed E-state index contributed by atoms with van der Waals surface area (Å²) in [7, 11) is 0. The Bertz CT molecular complexity index is 961. The molecule has 136 valence electrons. The highest BCUT2D eigenvalue weighted by atomic mass is 35.5. The maximum atomic E-state index is 10.4. The van der Waals surface area contributed by atoms with Crippen LogP contribution in [0.25, 0.3) is 22.2 Å². The molecule has 0 saturated carbocycles. The number of ether oxygens (including phenoxy) is 1. The summed E-state index contributed by atoms with van der Waals surface area (Å²) in [6.45, 7) is 1.48. The number of benzene rings is 1. The molecule has 3 N–H and O–H groups in total. The molecule has 1 aliphatic rings. The van der Waals surface area contributed by atoms with E-state index in [1.807, 2.05) is 25.1 Å². The number of fused-ring (bicyclic) bond motifs is 1. The smallest absolute Gasteiger partial charge is 0.164 e. The lowest BCUT2D eigenvalue weighted by atomic mass is 10.1. The molecule has 0 unspecified atom stereocenters. The van der Waals surface area contributed by atoms with Crippen molar-refractivity contribution < 1.29 is 20.1 Å². The molecular weight excluding hydrogens is 358 g/mol. The highest BCUT2D eigenvalue weighted by Gasteiger charge is 2.44. The molecule has 0 bridgehead atoms. The topological polar surface area (TPSA) is 101 Å². The van der Waals surface area contributed by atoms with Gasteiger partial charge in [-0.25, -0.2) is 9.97 Å². The normalized spacial score (nSPS) is 25.9. The molecule has 0 amide bonds. The highest BCUT2D eigenvalue weighted by Crippen LogP contribution is 2.39. The third-order valence-electron chi connectivity index (χ3n) is 4.75. The van der Waals surface area contributed by atoms with Crippen LogP contribution >= 0.6 is 11.6 Å². The van der Waals surface area contributed by atoms with Crippen LogP contribution in [-0.2, 0) is 4.74 Å². The van der Waals surface area contributed by atoms with Crippen LogP contribution in [0.5, 0.6) is 0 Å². The molecule has 1 aliphatic heterocycles. The van der Waals surface area contributed by atoms with E-state index in [4.69, 9.17) is 16.3 Å². The quantitative estimate of drug-likeness (QED) is 0.644. The zero-order chi connectivity index (χ0) is 18.4. The second-order valence-electron chi connectivity index (χ2n) is 6.32. The summed E-state index contributed by atoms with van der Waals surface area (Å²) in [4.78, 5) is 8.61. The Labute approximate surface area is 154 Å². The molecule has 26 heavy (non-hydrogen) atoms. The highest BCUT2D eigenvalue weighted by molar-refractivity contribution is 6.33. The zero-order valence-electron chi connectivity index (χ0n) is 14.0. The molecule has 1 aromatic carbocycles. The number of rotatable bonds is 3. The SMILES string of the molecule is Cc1ncnc2c1c(-c1ccccc1Cl)cn2[C@@H]1O[C@H](CO)[C@@H](O)[C@H]1O. The van der Waals surface area contributed by atoms with E-state index >= 15 is 0 Å². The molecule has 2 aromatic heterocycles. The van der Waals surface area contributed by atoms with Crippen molar-refractivity contribution in [2.24, 2.45) is 0 Å². The van der Waals surface area contributed by atoms with Gasteiger partial charge in [0, 0.05) is 27.7 Å². The summed E-state index contributed by atoms with van der Waals surface area (Å²) >= 11 is 6.37. The van der Waals surface area contributed by atoms with Crippen LogP contribution in [0.15, 0.2) is 36.8 Å². The zero-order valence-corrected chi connectivity index (χ0v) is 14.7. The van der Waals surface area contributed by atoms with E-state index in [0.29, 0.717) is 10.7 Å². The summed E-state index contributed by atoms with van der Waals surface area (Å²) in [5, 5.41) is 31.2. The number of aryl methyl sites for hydroxylation is 1. The predicted octanol–water partition coefficient (Wildman–Crippen LogP) is 1.67. The monoisotopic (exact) mass is 375 g/mol. The lowest BCUT2D eigenvalue weighted by Gasteiger charge is -2.17. The Balaban J connectivity index is 1.93. The predicted molar refractivity (Wildman–Crippen MR) is 95.7 cm³/mol. The molecule has 0 aliphatic carbocycles. The standard InChI is InChI=1S/C18H18ClN3O4/c1-9-14-11(10-4-2-3-5-12(10)19)6-22(17(14)21-8-20-9)18-16(25)15(24)13(7-23)26-18/h2-6,8,13,15-16,18,23-25H,7H2,1H3/t13-,15-,16-,18-/m1/s1.